The van der Waals surface area contributed by atoms with Crippen LogP contribution in [0.1, 0.15) is 18.4 Å². The second-order valence-electron chi connectivity index (χ2n) is 5.38. The van der Waals surface area contributed by atoms with Gasteiger partial charge in [0.15, 0.2) is 0 Å². The first kappa shape index (κ1) is 13.4. The van der Waals surface area contributed by atoms with E-state index in [1.54, 1.807) is 0 Å². The van der Waals surface area contributed by atoms with Crippen molar-refractivity contribution in [3.8, 4) is 0 Å². The Morgan fingerprint density at radius 3 is 2.61 bits per heavy atom. The van der Waals surface area contributed by atoms with E-state index in [9.17, 15) is 0 Å². The standard InChI is InChI=1S/C15H25N3/c1-13-4-6-14(7-5-13)18-11-3-10-17(2)12-15(18)8-9-16/h4-7,15H,3,8-12,16H2,1-2H3. The first-order chi connectivity index (χ1) is 8.70. The molecule has 1 atom stereocenters. The molecular weight excluding hydrogens is 222 g/mol. The van der Waals surface area contributed by atoms with E-state index in [0.29, 0.717) is 6.04 Å². The Kier molecular flexibility index (Phi) is 4.61. The maximum atomic E-state index is 5.78. The van der Waals surface area contributed by atoms with Crippen molar-refractivity contribution in [2.45, 2.75) is 25.8 Å². The van der Waals surface area contributed by atoms with Gasteiger partial charge < -0.3 is 15.5 Å². The van der Waals surface area contributed by atoms with Gasteiger partial charge in [-0.25, -0.2) is 0 Å². The van der Waals surface area contributed by atoms with E-state index >= 15 is 0 Å². The minimum absolute atomic E-state index is 0.546. The first-order valence-corrected chi connectivity index (χ1v) is 6.92. The van der Waals surface area contributed by atoms with Crippen molar-refractivity contribution in [2.24, 2.45) is 5.73 Å². The lowest BCUT2D eigenvalue weighted by atomic mass is 10.1. The van der Waals surface area contributed by atoms with Crippen molar-refractivity contribution >= 4 is 5.69 Å². The van der Waals surface area contributed by atoms with Crippen LogP contribution in [0.15, 0.2) is 24.3 Å². The number of benzene rings is 1. The van der Waals surface area contributed by atoms with Gasteiger partial charge in [0.25, 0.3) is 0 Å². The summed E-state index contributed by atoms with van der Waals surface area (Å²) in [5, 5.41) is 0. The van der Waals surface area contributed by atoms with Crippen LogP contribution >= 0.6 is 0 Å². The molecule has 0 amide bonds. The first-order valence-electron chi connectivity index (χ1n) is 6.92. The molecule has 1 heterocycles. The van der Waals surface area contributed by atoms with Crippen molar-refractivity contribution < 1.29 is 0 Å². The van der Waals surface area contributed by atoms with E-state index in [1.807, 2.05) is 0 Å². The average Bonchev–Trinajstić information content (AvgIpc) is 2.53. The molecule has 1 fully saturated rings. The largest absolute Gasteiger partial charge is 0.367 e. The number of nitrogens with two attached hydrogens (primary N) is 1. The Labute approximate surface area is 111 Å². The van der Waals surface area contributed by atoms with Crippen molar-refractivity contribution in [1.82, 2.24) is 4.90 Å². The maximum absolute atomic E-state index is 5.78. The van der Waals surface area contributed by atoms with Crippen LogP contribution in [0.5, 0.6) is 0 Å². The van der Waals surface area contributed by atoms with E-state index in [1.165, 1.54) is 24.2 Å². The molecule has 1 aliphatic heterocycles. The molecule has 0 spiro atoms. The average molecular weight is 247 g/mol. The lowest BCUT2D eigenvalue weighted by Crippen LogP contribution is -2.41. The molecule has 1 saturated heterocycles. The second-order valence-corrected chi connectivity index (χ2v) is 5.38. The number of hydrogen-bond acceptors (Lipinski definition) is 3. The van der Waals surface area contributed by atoms with Crippen LogP contribution in [0, 0.1) is 6.92 Å². The Morgan fingerprint density at radius 2 is 1.94 bits per heavy atom. The zero-order valence-electron chi connectivity index (χ0n) is 11.6. The van der Waals surface area contributed by atoms with Gasteiger partial charge in [-0.2, -0.15) is 0 Å². The molecule has 18 heavy (non-hydrogen) atoms. The highest BCUT2D eigenvalue weighted by Gasteiger charge is 2.22. The Balaban J connectivity index is 2.18. The van der Waals surface area contributed by atoms with Crippen molar-refractivity contribution in [1.29, 1.82) is 0 Å². The number of aryl methyl sites for hydroxylation is 1. The van der Waals surface area contributed by atoms with E-state index < -0.39 is 0 Å². The Bertz CT molecular complexity index is 361. The minimum atomic E-state index is 0.546. The van der Waals surface area contributed by atoms with E-state index in [-0.39, 0.29) is 0 Å². The molecule has 0 bridgehead atoms. The maximum Gasteiger partial charge on any atom is 0.0428 e. The van der Waals surface area contributed by atoms with Crippen LogP contribution in [0.2, 0.25) is 0 Å². The van der Waals surface area contributed by atoms with Crippen LogP contribution in [-0.2, 0) is 0 Å². The quantitative estimate of drug-likeness (QED) is 0.885. The van der Waals surface area contributed by atoms with Gasteiger partial charge in [-0.15, -0.1) is 0 Å². The minimum Gasteiger partial charge on any atom is -0.367 e. The van der Waals surface area contributed by atoms with Crippen molar-refractivity contribution in [3.63, 3.8) is 0 Å². The zero-order chi connectivity index (χ0) is 13.0. The van der Waals surface area contributed by atoms with E-state index in [0.717, 1.165) is 26.1 Å². The predicted octanol–water partition coefficient (Wildman–Crippen LogP) is 1.85. The molecule has 0 aliphatic carbocycles. The van der Waals surface area contributed by atoms with E-state index in [2.05, 4.69) is 48.0 Å². The summed E-state index contributed by atoms with van der Waals surface area (Å²) in [6.45, 7) is 6.34. The van der Waals surface area contributed by atoms with Gasteiger partial charge in [0.1, 0.15) is 0 Å². The molecule has 2 N–H and O–H groups in total. The summed E-state index contributed by atoms with van der Waals surface area (Å²) in [6.07, 6.45) is 2.30. The molecule has 100 valence electrons. The lowest BCUT2D eigenvalue weighted by molar-refractivity contribution is 0.326. The monoisotopic (exact) mass is 247 g/mol. The summed E-state index contributed by atoms with van der Waals surface area (Å²) in [7, 11) is 2.21. The van der Waals surface area contributed by atoms with Crippen LogP contribution in [-0.4, -0.2) is 44.2 Å². The summed E-state index contributed by atoms with van der Waals surface area (Å²) >= 11 is 0. The lowest BCUT2D eigenvalue weighted by Gasteiger charge is -2.33. The van der Waals surface area contributed by atoms with Gasteiger partial charge in [-0.1, -0.05) is 17.7 Å². The topological polar surface area (TPSA) is 32.5 Å². The normalized spacial score (nSPS) is 21.9. The third-order valence-corrected chi connectivity index (χ3v) is 3.77. The predicted molar refractivity (Wildman–Crippen MR) is 78.1 cm³/mol. The van der Waals surface area contributed by atoms with Crippen molar-refractivity contribution in [3.05, 3.63) is 29.8 Å². The van der Waals surface area contributed by atoms with E-state index in [4.69, 9.17) is 5.73 Å². The molecule has 3 nitrogen and oxygen atoms in total. The highest BCUT2D eigenvalue weighted by molar-refractivity contribution is 5.48. The molecule has 2 rings (SSSR count). The van der Waals surface area contributed by atoms with Crippen LogP contribution < -0.4 is 10.6 Å². The molecule has 1 unspecified atom stereocenters. The number of likely N-dealkylation sites (N-methyl/N-ethyl adjacent to an activating group) is 1. The summed E-state index contributed by atoms with van der Waals surface area (Å²) < 4.78 is 0. The van der Waals surface area contributed by atoms with Crippen LogP contribution in [0.4, 0.5) is 5.69 Å². The smallest absolute Gasteiger partial charge is 0.0428 e. The van der Waals surface area contributed by atoms with Gasteiger partial charge in [0.2, 0.25) is 0 Å². The third kappa shape index (κ3) is 3.24. The SMILES string of the molecule is Cc1ccc(N2CCCN(C)CC2CCN)cc1. The summed E-state index contributed by atoms with van der Waals surface area (Å²) in [6, 6.07) is 9.42. The second kappa shape index (κ2) is 6.21. The fourth-order valence-electron chi connectivity index (χ4n) is 2.76. The number of rotatable bonds is 3. The number of hydrogen-bond donors (Lipinski definition) is 1. The van der Waals surface area contributed by atoms with Gasteiger partial charge in [0.05, 0.1) is 0 Å². The molecule has 1 aromatic rings. The van der Waals surface area contributed by atoms with Gasteiger partial charge in [0, 0.05) is 24.8 Å². The Hall–Kier alpha value is -1.06. The fraction of sp³-hybridized carbons (Fsp3) is 0.600. The van der Waals surface area contributed by atoms with Crippen LogP contribution in [0.3, 0.4) is 0 Å². The van der Waals surface area contributed by atoms with Gasteiger partial charge in [-0.3, -0.25) is 0 Å². The third-order valence-electron chi connectivity index (χ3n) is 3.77. The molecular formula is C15H25N3. The summed E-state index contributed by atoms with van der Waals surface area (Å²) in [5.41, 5.74) is 8.44. The molecule has 0 saturated carbocycles. The number of anilines is 1. The fourth-order valence-corrected chi connectivity index (χ4v) is 2.76. The molecule has 1 aromatic carbocycles. The zero-order valence-corrected chi connectivity index (χ0v) is 11.6. The molecule has 0 radical (unpaired) electrons. The highest BCUT2D eigenvalue weighted by atomic mass is 15.2. The van der Waals surface area contributed by atoms with Gasteiger partial charge in [-0.05, 0) is 52.0 Å². The van der Waals surface area contributed by atoms with Crippen molar-refractivity contribution in [2.75, 3.05) is 38.1 Å². The molecule has 1 aliphatic rings. The number of nitrogens with zero attached hydrogens (tertiary/aromatic N) is 2. The van der Waals surface area contributed by atoms with Crippen LogP contribution in [0.25, 0.3) is 0 Å². The summed E-state index contributed by atoms with van der Waals surface area (Å²) in [5.74, 6) is 0. The molecule has 3 heteroatoms. The van der Waals surface area contributed by atoms with Gasteiger partial charge >= 0.3 is 0 Å². The summed E-state index contributed by atoms with van der Waals surface area (Å²) in [4.78, 5) is 4.96. The highest BCUT2D eigenvalue weighted by Crippen LogP contribution is 2.22. The molecule has 0 aromatic heterocycles. The Morgan fingerprint density at radius 1 is 1.22 bits per heavy atom.